The average molecular weight is 255 g/mol. The Kier molecular flexibility index (Phi) is 5.45. The molecule has 0 unspecified atom stereocenters. The van der Waals surface area contributed by atoms with Gasteiger partial charge in [0.25, 0.3) is 0 Å². The van der Waals surface area contributed by atoms with E-state index in [4.69, 9.17) is 10.5 Å². The first-order valence-corrected chi connectivity index (χ1v) is 6.90. The predicted octanol–water partition coefficient (Wildman–Crippen LogP) is 4.15. The van der Waals surface area contributed by atoms with Gasteiger partial charge in [-0.15, -0.1) is 0 Å². The van der Waals surface area contributed by atoms with Gasteiger partial charge in [0.05, 0.1) is 0 Å². The molecule has 0 aliphatic rings. The van der Waals surface area contributed by atoms with Crippen molar-refractivity contribution in [2.45, 2.75) is 25.7 Å². The molecule has 100 valence electrons. The molecule has 2 aromatic rings. The van der Waals surface area contributed by atoms with Gasteiger partial charge in [-0.05, 0) is 55.6 Å². The van der Waals surface area contributed by atoms with E-state index in [0.717, 1.165) is 30.9 Å². The van der Waals surface area contributed by atoms with Crippen LogP contribution in [-0.4, -0.2) is 6.54 Å². The van der Waals surface area contributed by atoms with E-state index in [1.54, 1.807) is 0 Å². The van der Waals surface area contributed by atoms with Crippen LogP contribution in [0.15, 0.2) is 54.6 Å². The van der Waals surface area contributed by atoms with E-state index in [9.17, 15) is 0 Å². The Hall–Kier alpha value is -1.80. The summed E-state index contributed by atoms with van der Waals surface area (Å²) < 4.78 is 5.83. The second-order valence-corrected chi connectivity index (χ2v) is 4.66. The summed E-state index contributed by atoms with van der Waals surface area (Å²) in [6.07, 6.45) is 4.58. The molecular weight excluding hydrogens is 234 g/mol. The second-order valence-electron chi connectivity index (χ2n) is 4.66. The van der Waals surface area contributed by atoms with Crippen LogP contribution >= 0.6 is 0 Å². The highest BCUT2D eigenvalue weighted by atomic mass is 16.5. The van der Waals surface area contributed by atoms with Crippen LogP contribution in [-0.2, 0) is 6.42 Å². The van der Waals surface area contributed by atoms with Gasteiger partial charge in [-0.2, -0.15) is 0 Å². The standard InChI is InChI=1S/C17H21NO/c18-13-6-2-3-8-15-9-7-12-17(14-15)19-16-10-4-1-5-11-16/h1,4-5,7,9-12,14H,2-3,6,8,13,18H2. The zero-order valence-corrected chi connectivity index (χ0v) is 11.2. The van der Waals surface area contributed by atoms with Crippen LogP contribution in [0.25, 0.3) is 0 Å². The lowest BCUT2D eigenvalue weighted by Gasteiger charge is -2.07. The number of benzene rings is 2. The average Bonchev–Trinajstić information content (AvgIpc) is 2.45. The Morgan fingerprint density at radius 2 is 1.58 bits per heavy atom. The van der Waals surface area contributed by atoms with Crippen molar-refractivity contribution < 1.29 is 4.74 Å². The zero-order chi connectivity index (χ0) is 13.3. The number of hydrogen-bond donors (Lipinski definition) is 1. The molecule has 19 heavy (non-hydrogen) atoms. The maximum atomic E-state index is 5.83. The first-order chi connectivity index (χ1) is 9.38. The van der Waals surface area contributed by atoms with Gasteiger partial charge in [0.2, 0.25) is 0 Å². The molecule has 0 fully saturated rings. The highest BCUT2D eigenvalue weighted by Gasteiger charge is 1.99. The summed E-state index contributed by atoms with van der Waals surface area (Å²) in [5, 5.41) is 0. The van der Waals surface area contributed by atoms with E-state index in [-0.39, 0.29) is 0 Å². The van der Waals surface area contributed by atoms with Crippen molar-refractivity contribution >= 4 is 0 Å². The molecule has 0 amide bonds. The molecular formula is C17H21NO. The summed E-state index contributed by atoms with van der Waals surface area (Å²) in [4.78, 5) is 0. The Morgan fingerprint density at radius 3 is 2.37 bits per heavy atom. The Balaban J connectivity index is 1.91. The van der Waals surface area contributed by atoms with Crippen LogP contribution in [0.4, 0.5) is 0 Å². The summed E-state index contributed by atoms with van der Waals surface area (Å²) in [5.74, 6) is 1.78. The molecule has 0 heterocycles. The SMILES string of the molecule is NCCCCCc1cccc(Oc2ccccc2)c1. The van der Waals surface area contributed by atoms with Gasteiger partial charge >= 0.3 is 0 Å². The van der Waals surface area contributed by atoms with Crippen LogP contribution in [0.2, 0.25) is 0 Å². The van der Waals surface area contributed by atoms with E-state index < -0.39 is 0 Å². The lowest BCUT2D eigenvalue weighted by Crippen LogP contribution is -1.98. The highest BCUT2D eigenvalue weighted by Crippen LogP contribution is 2.22. The fourth-order valence-electron chi connectivity index (χ4n) is 2.04. The number of unbranched alkanes of at least 4 members (excludes halogenated alkanes) is 2. The molecule has 2 N–H and O–H groups in total. The third-order valence-corrected chi connectivity index (χ3v) is 3.05. The Morgan fingerprint density at radius 1 is 0.789 bits per heavy atom. The van der Waals surface area contributed by atoms with Crippen molar-refractivity contribution in [3.8, 4) is 11.5 Å². The molecule has 0 bridgehead atoms. The van der Waals surface area contributed by atoms with Crippen LogP contribution in [0, 0.1) is 0 Å². The minimum atomic E-state index is 0.789. The molecule has 2 aromatic carbocycles. The summed E-state index contributed by atoms with van der Waals surface area (Å²) >= 11 is 0. The van der Waals surface area contributed by atoms with Crippen molar-refractivity contribution in [1.82, 2.24) is 0 Å². The molecule has 0 atom stereocenters. The monoisotopic (exact) mass is 255 g/mol. The van der Waals surface area contributed by atoms with Crippen molar-refractivity contribution in [2.24, 2.45) is 5.73 Å². The number of hydrogen-bond acceptors (Lipinski definition) is 2. The van der Waals surface area contributed by atoms with Crippen molar-refractivity contribution in [2.75, 3.05) is 6.54 Å². The normalized spacial score (nSPS) is 10.4. The molecule has 0 radical (unpaired) electrons. The molecule has 0 aromatic heterocycles. The van der Waals surface area contributed by atoms with E-state index >= 15 is 0 Å². The lowest BCUT2D eigenvalue weighted by atomic mass is 10.1. The molecule has 0 spiro atoms. The van der Waals surface area contributed by atoms with E-state index in [0.29, 0.717) is 0 Å². The molecule has 2 rings (SSSR count). The maximum absolute atomic E-state index is 5.83. The van der Waals surface area contributed by atoms with Crippen LogP contribution in [0.1, 0.15) is 24.8 Å². The van der Waals surface area contributed by atoms with Gasteiger partial charge in [-0.25, -0.2) is 0 Å². The van der Waals surface area contributed by atoms with Crippen molar-refractivity contribution in [3.63, 3.8) is 0 Å². The fourth-order valence-corrected chi connectivity index (χ4v) is 2.04. The van der Waals surface area contributed by atoms with Gasteiger partial charge in [0, 0.05) is 0 Å². The smallest absolute Gasteiger partial charge is 0.127 e. The third-order valence-electron chi connectivity index (χ3n) is 3.05. The van der Waals surface area contributed by atoms with Crippen LogP contribution in [0.3, 0.4) is 0 Å². The molecule has 2 nitrogen and oxygen atoms in total. The highest BCUT2D eigenvalue weighted by molar-refractivity contribution is 5.33. The Bertz CT molecular complexity index is 482. The second kappa shape index (κ2) is 7.59. The number of ether oxygens (including phenoxy) is 1. The molecule has 0 aliphatic carbocycles. The molecule has 0 saturated carbocycles. The first-order valence-electron chi connectivity index (χ1n) is 6.90. The topological polar surface area (TPSA) is 35.2 Å². The minimum Gasteiger partial charge on any atom is -0.457 e. The van der Waals surface area contributed by atoms with E-state index in [1.807, 2.05) is 36.4 Å². The molecule has 0 saturated heterocycles. The van der Waals surface area contributed by atoms with Gasteiger partial charge in [0.1, 0.15) is 11.5 Å². The van der Waals surface area contributed by atoms with E-state index in [2.05, 4.69) is 18.2 Å². The quantitative estimate of drug-likeness (QED) is 0.754. The van der Waals surface area contributed by atoms with Gasteiger partial charge in [0.15, 0.2) is 0 Å². The lowest BCUT2D eigenvalue weighted by molar-refractivity contribution is 0.482. The summed E-state index contributed by atoms with van der Waals surface area (Å²) in [6, 6.07) is 18.2. The van der Waals surface area contributed by atoms with Gasteiger partial charge in [-0.3, -0.25) is 0 Å². The third kappa shape index (κ3) is 4.76. The predicted molar refractivity (Wildman–Crippen MR) is 79.6 cm³/mol. The summed E-state index contributed by atoms with van der Waals surface area (Å²) in [6.45, 7) is 0.789. The summed E-state index contributed by atoms with van der Waals surface area (Å²) in [7, 11) is 0. The number of nitrogens with two attached hydrogens (primary N) is 1. The molecule has 0 aliphatic heterocycles. The number of aryl methyl sites for hydroxylation is 1. The fraction of sp³-hybridized carbons (Fsp3) is 0.294. The van der Waals surface area contributed by atoms with Gasteiger partial charge < -0.3 is 10.5 Å². The first kappa shape index (κ1) is 13.6. The van der Waals surface area contributed by atoms with E-state index in [1.165, 1.54) is 18.4 Å². The van der Waals surface area contributed by atoms with Crippen molar-refractivity contribution in [3.05, 3.63) is 60.2 Å². The van der Waals surface area contributed by atoms with Gasteiger partial charge in [-0.1, -0.05) is 36.8 Å². The number of rotatable bonds is 7. The number of para-hydroxylation sites is 1. The summed E-state index contributed by atoms with van der Waals surface area (Å²) in [5.41, 5.74) is 6.82. The van der Waals surface area contributed by atoms with Crippen LogP contribution < -0.4 is 10.5 Å². The molecule has 2 heteroatoms. The van der Waals surface area contributed by atoms with Crippen molar-refractivity contribution in [1.29, 1.82) is 0 Å². The zero-order valence-electron chi connectivity index (χ0n) is 11.2. The maximum Gasteiger partial charge on any atom is 0.127 e. The Labute approximate surface area is 115 Å². The minimum absolute atomic E-state index is 0.789. The van der Waals surface area contributed by atoms with Crippen LogP contribution in [0.5, 0.6) is 11.5 Å². The largest absolute Gasteiger partial charge is 0.457 e.